The molecule has 0 bridgehead atoms. The lowest BCUT2D eigenvalue weighted by Gasteiger charge is -2.04. The average Bonchev–Trinajstić information content (AvgIpc) is 2.60. The molecule has 0 saturated heterocycles. The highest BCUT2D eigenvalue weighted by Crippen LogP contribution is 2.23. The summed E-state index contributed by atoms with van der Waals surface area (Å²) >= 11 is 0. The Morgan fingerprint density at radius 3 is 3.00 bits per heavy atom. The van der Waals surface area contributed by atoms with Gasteiger partial charge in [0.25, 0.3) is 0 Å². The van der Waals surface area contributed by atoms with Gasteiger partial charge in [0, 0.05) is 5.71 Å². The minimum absolute atomic E-state index is 0.279. The minimum atomic E-state index is -0.279. The van der Waals surface area contributed by atoms with Crippen LogP contribution in [0.5, 0.6) is 0 Å². The van der Waals surface area contributed by atoms with E-state index in [4.69, 9.17) is 10.1 Å². The third-order valence-electron chi connectivity index (χ3n) is 2.59. The number of ether oxygens (including phenoxy) is 1. The summed E-state index contributed by atoms with van der Waals surface area (Å²) in [5, 5.41) is 7.67. The van der Waals surface area contributed by atoms with Crippen LogP contribution in [-0.2, 0) is 11.2 Å². The van der Waals surface area contributed by atoms with Gasteiger partial charge in [0.15, 0.2) is 0 Å². The van der Waals surface area contributed by atoms with Gasteiger partial charge < -0.3 is 10.1 Å². The van der Waals surface area contributed by atoms with E-state index in [9.17, 15) is 4.79 Å². The van der Waals surface area contributed by atoms with Crippen LogP contribution >= 0.6 is 0 Å². The molecule has 3 nitrogen and oxygen atoms in total. The zero-order chi connectivity index (χ0) is 10.8. The molecule has 0 saturated carbocycles. The normalized spacial score (nSPS) is 13.8. The SMILES string of the molecule is CCOC(=O)c1ccc2c(c1)CCC2=N. The van der Waals surface area contributed by atoms with Crippen molar-refractivity contribution in [1.29, 1.82) is 5.41 Å². The highest BCUT2D eigenvalue weighted by atomic mass is 16.5. The number of nitrogens with one attached hydrogen (secondary N) is 1. The van der Waals surface area contributed by atoms with Gasteiger partial charge in [-0.1, -0.05) is 6.07 Å². The van der Waals surface area contributed by atoms with Gasteiger partial charge in [0.1, 0.15) is 0 Å². The van der Waals surface area contributed by atoms with Crippen LogP contribution in [0.4, 0.5) is 0 Å². The number of esters is 1. The molecule has 3 heteroatoms. The lowest BCUT2D eigenvalue weighted by atomic mass is 10.1. The number of hydrogen-bond donors (Lipinski definition) is 1. The predicted molar refractivity (Wildman–Crippen MR) is 57.5 cm³/mol. The van der Waals surface area contributed by atoms with Crippen LogP contribution in [0.2, 0.25) is 0 Å². The maximum atomic E-state index is 11.5. The summed E-state index contributed by atoms with van der Waals surface area (Å²) in [5.41, 5.74) is 3.32. The van der Waals surface area contributed by atoms with Crippen LogP contribution in [0.1, 0.15) is 34.8 Å². The first kappa shape index (κ1) is 9.90. The molecule has 0 aromatic heterocycles. The Morgan fingerprint density at radius 1 is 1.47 bits per heavy atom. The number of benzene rings is 1. The van der Waals surface area contributed by atoms with Crippen molar-refractivity contribution in [2.24, 2.45) is 0 Å². The van der Waals surface area contributed by atoms with Gasteiger partial charge in [-0.25, -0.2) is 4.79 Å². The Labute approximate surface area is 88.6 Å². The number of rotatable bonds is 2. The molecule has 1 aromatic carbocycles. The topological polar surface area (TPSA) is 50.2 Å². The zero-order valence-electron chi connectivity index (χ0n) is 8.67. The van der Waals surface area contributed by atoms with Gasteiger partial charge in [0.05, 0.1) is 12.2 Å². The maximum absolute atomic E-state index is 11.5. The molecule has 0 amide bonds. The Balaban J connectivity index is 2.30. The summed E-state index contributed by atoms with van der Waals surface area (Å²) in [4.78, 5) is 11.5. The molecule has 0 spiro atoms. The van der Waals surface area contributed by atoms with Crippen molar-refractivity contribution in [3.05, 3.63) is 34.9 Å². The van der Waals surface area contributed by atoms with Gasteiger partial charge in [-0.15, -0.1) is 0 Å². The lowest BCUT2D eigenvalue weighted by Crippen LogP contribution is -2.05. The molecule has 0 atom stereocenters. The standard InChI is InChI=1S/C12H13NO2/c1-2-15-12(14)9-3-5-10-8(7-9)4-6-11(10)13/h3,5,7,13H,2,4,6H2,1H3. The monoisotopic (exact) mass is 203 g/mol. The van der Waals surface area contributed by atoms with E-state index in [2.05, 4.69) is 0 Å². The van der Waals surface area contributed by atoms with Gasteiger partial charge in [-0.3, -0.25) is 0 Å². The third kappa shape index (κ3) is 1.77. The van der Waals surface area contributed by atoms with Crippen LogP contribution in [0.15, 0.2) is 18.2 Å². The van der Waals surface area contributed by atoms with Crippen molar-refractivity contribution in [1.82, 2.24) is 0 Å². The van der Waals surface area contributed by atoms with Crippen molar-refractivity contribution >= 4 is 11.7 Å². The van der Waals surface area contributed by atoms with Crippen molar-refractivity contribution < 1.29 is 9.53 Å². The van der Waals surface area contributed by atoms with E-state index in [1.54, 1.807) is 13.0 Å². The second kappa shape index (κ2) is 3.85. The van der Waals surface area contributed by atoms with Crippen LogP contribution in [0, 0.1) is 5.41 Å². The fraction of sp³-hybridized carbons (Fsp3) is 0.333. The number of aryl methyl sites for hydroxylation is 1. The molecule has 1 aliphatic rings. The van der Waals surface area contributed by atoms with E-state index in [-0.39, 0.29) is 5.97 Å². The summed E-state index contributed by atoms with van der Waals surface area (Å²) in [6, 6.07) is 5.42. The quantitative estimate of drug-likeness (QED) is 0.749. The van der Waals surface area contributed by atoms with Gasteiger partial charge in [-0.2, -0.15) is 0 Å². The Bertz CT molecular complexity index is 424. The molecule has 0 aliphatic heterocycles. The van der Waals surface area contributed by atoms with Crippen LogP contribution < -0.4 is 0 Å². The number of fused-ring (bicyclic) bond motifs is 1. The van der Waals surface area contributed by atoms with E-state index < -0.39 is 0 Å². The molecular weight excluding hydrogens is 190 g/mol. The first-order chi connectivity index (χ1) is 7.22. The van der Waals surface area contributed by atoms with Crippen molar-refractivity contribution in [2.45, 2.75) is 19.8 Å². The minimum Gasteiger partial charge on any atom is -0.462 e. The first-order valence-electron chi connectivity index (χ1n) is 5.10. The highest BCUT2D eigenvalue weighted by Gasteiger charge is 2.18. The molecule has 0 radical (unpaired) electrons. The predicted octanol–water partition coefficient (Wildman–Crippen LogP) is 2.18. The molecule has 0 unspecified atom stereocenters. The van der Waals surface area contributed by atoms with E-state index in [0.717, 1.165) is 24.0 Å². The molecule has 0 fully saturated rings. The lowest BCUT2D eigenvalue weighted by molar-refractivity contribution is 0.0526. The van der Waals surface area contributed by atoms with Crippen molar-refractivity contribution in [2.75, 3.05) is 6.61 Å². The largest absolute Gasteiger partial charge is 0.462 e. The zero-order valence-corrected chi connectivity index (χ0v) is 8.67. The molecule has 0 heterocycles. The summed E-state index contributed by atoms with van der Waals surface area (Å²) in [7, 11) is 0. The van der Waals surface area contributed by atoms with Gasteiger partial charge in [-0.05, 0) is 43.0 Å². The molecule has 15 heavy (non-hydrogen) atoms. The third-order valence-corrected chi connectivity index (χ3v) is 2.59. The number of carbonyl (C=O) groups is 1. The second-order valence-corrected chi connectivity index (χ2v) is 3.57. The maximum Gasteiger partial charge on any atom is 0.338 e. The molecule has 1 N–H and O–H groups in total. The summed E-state index contributed by atoms with van der Waals surface area (Å²) in [6.45, 7) is 2.19. The van der Waals surface area contributed by atoms with Crippen molar-refractivity contribution in [3.8, 4) is 0 Å². The Morgan fingerprint density at radius 2 is 2.27 bits per heavy atom. The van der Waals surface area contributed by atoms with E-state index in [1.807, 2.05) is 12.1 Å². The van der Waals surface area contributed by atoms with E-state index in [0.29, 0.717) is 17.9 Å². The number of carbonyl (C=O) groups excluding carboxylic acids is 1. The molecular formula is C12H13NO2. The number of hydrogen-bond acceptors (Lipinski definition) is 3. The first-order valence-corrected chi connectivity index (χ1v) is 5.10. The van der Waals surface area contributed by atoms with E-state index >= 15 is 0 Å². The molecule has 2 rings (SSSR count). The summed E-state index contributed by atoms with van der Waals surface area (Å²) in [6.07, 6.45) is 1.64. The summed E-state index contributed by atoms with van der Waals surface area (Å²) < 4.78 is 4.92. The van der Waals surface area contributed by atoms with Gasteiger partial charge in [0.2, 0.25) is 0 Å². The molecule has 1 aromatic rings. The average molecular weight is 203 g/mol. The van der Waals surface area contributed by atoms with Crippen molar-refractivity contribution in [3.63, 3.8) is 0 Å². The summed E-state index contributed by atoms with van der Waals surface area (Å²) in [5.74, 6) is -0.279. The second-order valence-electron chi connectivity index (χ2n) is 3.57. The van der Waals surface area contributed by atoms with E-state index in [1.165, 1.54) is 0 Å². The van der Waals surface area contributed by atoms with Gasteiger partial charge >= 0.3 is 5.97 Å². The van der Waals surface area contributed by atoms with Crippen LogP contribution in [0.3, 0.4) is 0 Å². The smallest absolute Gasteiger partial charge is 0.338 e. The Kier molecular flexibility index (Phi) is 2.54. The molecule has 1 aliphatic carbocycles. The van der Waals surface area contributed by atoms with Crippen LogP contribution in [0.25, 0.3) is 0 Å². The highest BCUT2D eigenvalue weighted by molar-refractivity contribution is 6.03. The fourth-order valence-electron chi connectivity index (χ4n) is 1.83. The van der Waals surface area contributed by atoms with Crippen LogP contribution in [-0.4, -0.2) is 18.3 Å². The fourth-order valence-corrected chi connectivity index (χ4v) is 1.83. The molecule has 78 valence electrons. The Hall–Kier alpha value is -1.64.